The molecule has 0 spiro atoms. The summed E-state index contributed by atoms with van der Waals surface area (Å²) < 4.78 is 5.05. The van der Waals surface area contributed by atoms with Crippen LogP contribution in [0.2, 0.25) is 0 Å². The zero-order valence-corrected chi connectivity index (χ0v) is 8.71. The molecule has 0 radical (unpaired) electrons. The lowest BCUT2D eigenvalue weighted by Gasteiger charge is -2.46. The number of hydrogen-bond donors (Lipinski definition) is 2. The van der Waals surface area contributed by atoms with Gasteiger partial charge in [-0.2, -0.15) is 0 Å². The average Bonchev–Trinajstić information content (AvgIpc) is 2.63. The molecule has 0 aromatic carbocycles. The van der Waals surface area contributed by atoms with Gasteiger partial charge in [0.25, 0.3) is 0 Å². The highest BCUT2D eigenvalue weighted by molar-refractivity contribution is 5.21. The van der Waals surface area contributed by atoms with E-state index in [-0.39, 0.29) is 5.41 Å². The minimum absolute atomic E-state index is 0.158. The average molecular weight is 195 g/mol. The smallest absolute Gasteiger partial charge is 0.100 e. The Morgan fingerprint density at radius 2 is 2.29 bits per heavy atom. The van der Waals surface area contributed by atoms with E-state index in [9.17, 15) is 5.11 Å². The van der Waals surface area contributed by atoms with Crippen LogP contribution in [0.25, 0.3) is 0 Å². The summed E-state index contributed by atoms with van der Waals surface area (Å²) in [7, 11) is 0. The van der Waals surface area contributed by atoms with Gasteiger partial charge in [0.15, 0.2) is 0 Å². The number of piperidine rings is 1. The summed E-state index contributed by atoms with van der Waals surface area (Å²) in [6.45, 7) is 5.83. The van der Waals surface area contributed by atoms with Gasteiger partial charge >= 0.3 is 0 Å². The van der Waals surface area contributed by atoms with E-state index in [1.165, 1.54) is 0 Å². The molecule has 2 N–H and O–H groups in total. The summed E-state index contributed by atoms with van der Waals surface area (Å²) in [5.41, 5.74) is -0.0237. The number of aliphatic hydroxyl groups is 1. The van der Waals surface area contributed by atoms with Gasteiger partial charge in [-0.25, -0.2) is 0 Å². The maximum Gasteiger partial charge on any atom is 0.100 e. The Morgan fingerprint density at radius 1 is 1.50 bits per heavy atom. The van der Waals surface area contributed by atoms with E-state index in [0.29, 0.717) is 0 Å². The molecule has 1 atom stereocenters. The Hall–Kier alpha value is -0.800. The highest BCUT2D eigenvalue weighted by atomic mass is 16.3. The number of nitrogens with one attached hydrogen (secondary N) is 1. The van der Waals surface area contributed by atoms with E-state index >= 15 is 0 Å². The molecule has 1 aliphatic rings. The van der Waals surface area contributed by atoms with Crippen molar-refractivity contribution in [1.29, 1.82) is 0 Å². The van der Waals surface area contributed by atoms with Crippen LogP contribution in [-0.4, -0.2) is 18.2 Å². The van der Waals surface area contributed by atoms with E-state index in [0.717, 1.165) is 25.1 Å². The molecule has 1 aromatic rings. The molecule has 0 bridgehead atoms. The molecule has 1 aliphatic heterocycles. The van der Waals surface area contributed by atoms with Crippen LogP contribution < -0.4 is 5.32 Å². The van der Waals surface area contributed by atoms with Crippen molar-refractivity contribution in [3.63, 3.8) is 0 Å². The lowest BCUT2D eigenvalue weighted by atomic mass is 9.68. The molecule has 2 rings (SSSR count). The third kappa shape index (κ3) is 1.28. The summed E-state index contributed by atoms with van der Waals surface area (Å²) in [5.74, 6) is 0. The van der Waals surface area contributed by atoms with E-state index < -0.39 is 5.60 Å². The van der Waals surface area contributed by atoms with Crippen LogP contribution in [0, 0.1) is 5.41 Å². The molecule has 3 nitrogen and oxygen atoms in total. The van der Waals surface area contributed by atoms with Crippen molar-refractivity contribution in [3.8, 4) is 0 Å². The predicted molar refractivity (Wildman–Crippen MR) is 53.9 cm³/mol. The molecule has 14 heavy (non-hydrogen) atoms. The zero-order valence-electron chi connectivity index (χ0n) is 8.71. The van der Waals surface area contributed by atoms with Gasteiger partial charge in [-0.15, -0.1) is 0 Å². The number of furan rings is 1. The van der Waals surface area contributed by atoms with Gasteiger partial charge in [0, 0.05) is 17.5 Å². The number of hydrogen-bond acceptors (Lipinski definition) is 3. The lowest BCUT2D eigenvalue weighted by Crippen LogP contribution is -2.53. The molecule has 3 heteroatoms. The van der Waals surface area contributed by atoms with Gasteiger partial charge in [-0.05, 0) is 19.0 Å². The molecule has 78 valence electrons. The van der Waals surface area contributed by atoms with Crippen molar-refractivity contribution in [2.75, 3.05) is 13.1 Å². The monoisotopic (exact) mass is 195 g/mol. The van der Waals surface area contributed by atoms with Crippen LogP contribution in [0.5, 0.6) is 0 Å². The van der Waals surface area contributed by atoms with Crippen LogP contribution in [0.1, 0.15) is 25.8 Å². The van der Waals surface area contributed by atoms with Gasteiger partial charge in [0.05, 0.1) is 12.5 Å². The third-order valence-corrected chi connectivity index (χ3v) is 3.35. The minimum atomic E-state index is -0.759. The minimum Gasteiger partial charge on any atom is -0.472 e. The normalized spacial score (nSPS) is 31.6. The molecule has 2 heterocycles. The van der Waals surface area contributed by atoms with Crippen LogP contribution in [0.4, 0.5) is 0 Å². The summed E-state index contributed by atoms with van der Waals surface area (Å²) in [6.07, 6.45) is 4.00. The summed E-state index contributed by atoms with van der Waals surface area (Å²) in [6, 6.07) is 1.85. The van der Waals surface area contributed by atoms with Crippen molar-refractivity contribution in [2.24, 2.45) is 5.41 Å². The fourth-order valence-electron chi connectivity index (χ4n) is 2.19. The van der Waals surface area contributed by atoms with Crippen molar-refractivity contribution in [2.45, 2.75) is 25.9 Å². The maximum absolute atomic E-state index is 10.7. The highest BCUT2D eigenvalue weighted by Gasteiger charge is 2.47. The quantitative estimate of drug-likeness (QED) is 0.713. The molecule has 1 fully saturated rings. The molecular weight excluding hydrogens is 178 g/mol. The maximum atomic E-state index is 10.7. The Labute approximate surface area is 84.1 Å². The van der Waals surface area contributed by atoms with Gasteiger partial charge in [-0.1, -0.05) is 13.8 Å². The largest absolute Gasteiger partial charge is 0.472 e. The first-order valence-corrected chi connectivity index (χ1v) is 5.02. The molecule has 0 aliphatic carbocycles. The van der Waals surface area contributed by atoms with Crippen molar-refractivity contribution >= 4 is 0 Å². The van der Waals surface area contributed by atoms with Gasteiger partial charge < -0.3 is 14.8 Å². The van der Waals surface area contributed by atoms with E-state index in [1.807, 2.05) is 6.07 Å². The first-order chi connectivity index (χ1) is 6.56. The number of rotatable bonds is 1. The fraction of sp³-hybridized carbons (Fsp3) is 0.636. The Balaban J connectivity index is 2.37. The van der Waals surface area contributed by atoms with Crippen molar-refractivity contribution < 1.29 is 9.52 Å². The second-order valence-corrected chi connectivity index (χ2v) is 4.68. The summed E-state index contributed by atoms with van der Waals surface area (Å²) in [4.78, 5) is 0. The van der Waals surface area contributed by atoms with Crippen LogP contribution in [0.3, 0.4) is 0 Å². The first kappa shape index (κ1) is 9.74. The Kier molecular flexibility index (Phi) is 2.16. The van der Waals surface area contributed by atoms with Crippen molar-refractivity contribution in [3.05, 3.63) is 24.2 Å². The van der Waals surface area contributed by atoms with E-state index in [4.69, 9.17) is 4.42 Å². The van der Waals surface area contributed by atoms with E-state index in [1.54, 1.807) is 12.5 Å². The molecular formula is C11H17NO2. The molecule has 0 amide bonds. The van der Waals surface area contributed by atoms with Gasteiger partial charge in [0.1, 0.15) is 5.60 Å². The van der Waals surface area contributed by atoms with Gasteiger partial charge in [0.2, 0.25) is 0 Å². The van der Waals surface area contributed by atoms with E-state index in [2.05, 4.69) is 19.2 Å². The summed E-state index contributed by atoms with van der Waals surface area (Å²) in [5, 5.41) is 14.0. The topological polar surface area (TPSA) is 45.4 Å². The first-order valence-electron chi connectivity index (χ1n) is 5.02. The Bertz CT molecular complexity index is 305. The molecule has 1 unspecified atom stereocenters. The van der Waals surface area contributed by atoms with Crippen LogP contribution in [0.15, 0.2) is 23.0 Å². The molecule has 1 aromatic heterocycles. The summed E-state index contributed by atoms with van der Waals surface area (Å²) >= 11 is 0. The third-order valence-electron chi connectivity index (χ3n) is 3.35. The van der Waals surface area contributed by atoms with Crippen LogP contribution >= 0.6 is 0 Å². The standard InChI is InChI=1S/C11H17NO2/c1-10(2)8-12-5-4-11(10,13)9-3-6-14-7-9/h3,6-7,12-13H,4-5,8H2,1-2H3. The Morgan fingerprint density at radius 3 is 2.86 bits per heavy atom. The SMILES string of the molecule is CC1(C)CNCCC1(O)c1ccoc1. The highest BCUT2D eigenvalue weighted by Crippen LogP contribution is 2.43. The second-order valence-electron chi connectivity index (χ2n) is 4.68. The van der Waals surface area contributed by atoms with Crippen LogP contribution in [-0.2, 0) is 5.60 Å². The predicted octanol–water partition coefficient (Wildman–Crippen LogP) is 1.49. The second kappa shape index (κ2) is 3.11. The van der Waals surface area contributed by atoms with Crippen molar-refractivity contribution in [1.82, 2.24) is 5.32 Å². The van der Waals surface area contributed by atoms with Gasteiger partial charge in [-0.3, -0.25) is 0 Å². The fourth-order valence-corrected chi connectivity index (χ4v) is 2.19. The molecule has 1 saturated heterocycles. The zero-order chi connectivity index (χ0) is 10.2. The molecule has 0 saturated carbocycles. The lowest BCUT2D eigenvalue weighted by molar-refractivity contribution is -0.0948.